The average Bonchev–Trinajstić information content (AvgIpc) is 3.74. The first-order valence-electron chi connectivity index (χ1n) is 18.7. The Balaban J connectivity index is 1.22. The highest BCUT2D eigenvalue weighted by molar-refractivity contribution is 6.09. The first-order chi connectivity index (χ1) is 26.7. The Labute approximate surface area is 319 Å². The summed E-state index contributed by atoms with van der Waals surface area (Å²) in [4.78, 5) is 8.77. The molecule has 272 valence electrons. The summed E-state index contributed by atoms with van der Waals surface area (Å²) < 4.78 is 38.5. The van der Waals surface area contributed by atoms with Gasteiger partial charge in [0.15, 0.2) is 0 Å². The largest absolute Gasteiger partial charge is 0.457 e. The van der Waals surface area contributed by atoms with E-state index in [9.17, 15) is 4.39 Å². The zero-order valence-corrected chi connectivity index (χ0v) is 31.2. The second-order valence-electron chi connectivity index (χ2n) is 14.7. The minimum atomic E-state index is -0.611. The van der Waals surface area contributed by atoms with Crippen LogP contribution in [0.1, 0.15) is 50.7 Å². The summed E-state index contributed by atoms with van der Waals surface area (Å²) in [5.74, 6) is 1.53. The van der Waals surface area contributed by atoms with Crippen molar-refractivity contribution in [2.75, 3.05) is 16.5 Å². The normalized spacial score (nSPS) is 12.7. The van der Waals surface area contributed by atoms with Crippen LogP contribution in [0.2, 0.25) is 0 Å². The standard InChI is InChI=1S/C48H40F2N4O/c1-30(2)37-13-11-14-38(31(3)4)48(37)32-24-34(52-29-53(45-17-8-7-16-44(45)52)43-22-19-33(49)26-41(43)50)27-36(25-32)55-35-20-21-40-39-12-5-6-15-42(39)54(46(40)28-35)47-18-9-10-23-51-47/h5-28,30-31H,29H2,1-4H3. The fourth-order valence-electron chi connectivity index (χ4n) is 8.05. The first kappa shape index (κ1) is 34.3. The van der Waals surface area contributed by atoms with Crippen LogP contribution in [0.5, 0.6) is 11.5 Å². The molecule has 8 aromatic rings. The topological polar surface area (TPSA) is 33.5 Å². The van der Waals surface area contributed by atoms with Gasteiger partial charge >= 0.3 is 0 Å². The molecule has 3 heterocycles. The minimum absolute atomic E-state index is 0.280. The number of pyridine rings is 1. The van der Waals surface area contributed by atoms with Crippen LogP contribution in [-0.4, -0.2) is 16.2 Å². The van der Waals surface area contributed by atoms with Gasteiger partial charge in [-0.3, -0.25) is 4.57 Å². The molecule has 55 heavy (non-hydrogen) atoms. The molecule has 0 spiro atoms. The molecule has 0 aliphatic carbocycles. The van der Waals surface area contributed by atoms with Gasteiger partial charge < -0.3 is 14.5 Å². The van der Waals surface area contributed by atoms with E-state index in [2.05, 4.69) is 104 Å². The van der Waals surface area contributed by atoms with Crippen molar-refractivity contribution in [3.8, 4) is 28.4 Å². The number of aromatic nitrogens is 2. The summed E-state index contributed by atoms with van der Waals surface area (Å²) in [6.45, 7) is 9.24. The maximum Gasteiger partial charge on any atom is 0.149 e. The molecule has 0 atom stereocenters. The summed E-state index contributed by atoms with van der Waals surface area (Å²) in [6.07, 6.45) is 1.81. The Morgan fingerprint density at radius 1 is 0.582 bits per heavy atom. The molecule has 6 aromatic carbocycles. The summed E-state index contributed by atoms with van der Waals surface area (Å²) in [5.41, 5.74) is 9.75. The quantitative estimate of drug-likeness (QED) is 0.156. The Kier molecular flexibility index (Phi) is 8.57. The van der Waals surface area contributed by atoms with Crippen LogP contribution in [0.4, 0.5) is 31.5 Å². The van der Waals surface area contributed by atoms with E-state index in [0.717, 1.165) is 56.3 Å². The average molecular weight is 727 g/mol. The zero-order chi connectivity index (χ0) is 37.8. The lowest BCUT2D eigenvalue weighted by Gasteiger charge is -2.25. The van der Waals surface area contributed by atoms with E-state index in [-0.39, 0.29) is 11.8 Å². The van der Waals surface area contributed by atoms with Gasteiger partial charge in [0.05, 0.1) is 28.1 Å². The van der Waals surface area contributed by atoms with Crippen molar-refractivity contribution < 1.29 is 13.5 Å². The van der Waals surface area contributed by atoms with Crippen molar-refractivity contribution in [3.05, 3.63) is 168 Å². The van der Waals surface area contributed by atoms with Crippen molar-refractivity contribution in [2.24, 2.45) is 0 Å². The van der Waals surface area contributed by atoms with Gasteiger partial charge in [0.1, 0.15) is 35.6 Å². The fourth-order valence-corrected chi connectivity index (χ4v) is 8.05. The number of nitrogens with zero attached hydrogens (tertiary/aromatic N) is 4. The molecule has 0 fully saturated rings. The Hall–Kier alpha value is -6.47. The van der Waals surface area contributed by atoms with Crippen molar-refractivity contribution >= 4 is 44.6 Å². The van der Waals surface area contributed by atoms with Gasteiger partial charge in [0.25, 0.3) is 0 Å². The zero-order valence-electron chi connectivity index (χ0n) is 31.2. The van der Waals surface area contributed by atoms with Crippen LogP contribution in [0.25, 0.3) is 38.8 Å². The molecular weight excluding hydrogens is 687 g/mol. The number of hydrogen-bond donors (Lipinski definition) is 0. The van der Waals surface area contributed by atoms with Gasteiger partial charge in [0.2, 0.25) is 0 Å². The summed E-state index contributed by atoms with van der Waals surface area (Å²) >= 11 is 0. The monoisotopic (exact) mass is 726 g/mol. The summed E-state index contributed by atoms with van der Waals surface area (Å²) in [6, 6.07) is 45.2. The molecule has 0 radical (unpaired) electrons. The Bertz CT molecular complexity index is 2690. The van der Waals surface area contributed by atoms with Gasteiger partial charge in [-0.05, 0) is 101 Å². The van der Waals surface area contributed by atoms with Crippen LogP contribution >= 0.6 is 0 Å². The molecule has 1 aliphatic rings. The van der Waals surface area contributed by atoms with Gasteiger partial charge in [-0.15, -0.1) is 0 Å². The summed E-state index contributed by atoms with van der Waals surface area (Å²) in [5, 5.41) is 2.25. The highest BCUT2D eigenvalue weighted by atomic mass is 19.1. The highest BCUT2D eigenvalue weighted by Crippen LogP contribution is 2.48. The third kappa shape index (κ3) is 6.06. The molecular formula is C48H40F2N4O. The third-order valence-corrected chi connectivity index (χ3v) is 10.6. The Morgan fingerprint density at radius 3 is 2.02 bits per heavy atom. The number of hydrogen-bond acceptors (Lipinski definition) is 4. The minimum Gasteiger partial charge on any atom is -0.457 e. The summed E-state index contributed by atoms with van der Waals surface area (Å²) in [7, 11) is 0. The molecule has 0 amide bonds. The molecule has 2 aromatic heterocycles. The molecule has 9 rings (SSSR count). The second kappa shape index (κ2) is 13.7. The van der Waals surface area contributed by atoms with Gasteiger partial charge in [0, 0.05) is 40.9 Å². The molecule has 0 saturated heterocycles. The predicted octanol–water partition coefficient (Wildman–Crippen LogP) is 13.4. The number of fused-ring (bicyclic) bond motifs is 4. The second-order valence-corrected chi connectivity index (χ2v) is 14.7. The Morgan fingerprint density at radius 2 is 1.29 bits per heavy atom. The third-order valence-electron chi connectivity index (χ3n) is 10.6. The van der Waals surface area contributed by atoms with E-state index in [4.69, 9.17) is 9.72 Å². The van der Waals surface area contributed by atoms with E-state index in [1.165, 1.54) is 28.8 Å². The van der Waals surface area contributed by atoms with Crippen molar-refractivity contribution in [2.45, 2.75) is 39.5 Å². The van der Waals surface area contributed by atoms with E-state index in [1.54, 1.807) is 0 Å². The van der Waals surface area contributed by atoms with Crippen LogP contribution in [0.3, 0.4) is 0 Å². The van der Waals surface area contributed by atoms with E-state index in [1.807, 2.05) is 65.7 Å². The molecule has 7 heteroatoms. The van der Waals surface area contributed by atoms with Gasteiger partial charge in [-0.1, -0.05) is 82.3 Å². The molecule has 0 unspecified atom stereocenters. The van der Waals surface area contributed by atoms with Crippen LogP contribution in [0.15, 0.2) is 146 Å². The lowest BCUT2D eigenvalue weighted by Crippen LogP contribution is -2.24. The smallest absolute Gasteiger partial charge is 0.149 e. The maximum atomic E-state index is 15.3. The number of ether oxygens (including phenoxy) is 1. The van der Waals surface area contributed by atoms with E-state index in [0.29, 0.717) is 23.9 Å². The maximum absolute atomic E-state index is 15.3. The van der Waals surface area contributed by atoms with Crippen molar-refractivity contribution in [1.29, 1.82) is 0 Å². The van der Waals surface area contributed by atoms with Crippen LogP contribution in [0, 0.1) is 11.6 Å². The van der Waals surface area contributed by atoms with Crippen molar-refractivity contribution in [1.82, 2.24) is 9.55 Å². The molecule has 1 aliphatic heterocycles. The van der Waals surface area contributed by atoms with Crippen molar-refractivity contribution in [3.63, 3.8) is 0 Å². The number of para-hydroxylation sites is 3. The highest BCUT2D eigenvalue weighted by Gasteiger charge is 2.30. The number of rotatable bonds is 8. The van der Waals surface area contributed by atoms with Gasteiger partial charge in [-0.2, -0.15) is 0 Å². The fraction of sp³-hybridized carbons (Fsp3) is 0.146. The molecule has 5 nitrogen and oxygen atoms in total. The SMILES string of the molecule is CC(C)c1cccc(C(C)C)c1-c1cc(Oc2ccc3c4ccccc4n(-c4ccccn4)c3c2)cc(N2CN(c3ccc(F)cc3F)c3ccccc32)c1. The molecule has 0 saturated carbocycles. The predicted molar refractivity (Wildman–Crippen MR) is 221 cm³/mol. The number of halogens is 2. The molecule has 0 N–H and O–H groups in total. The lowest BCUT2D eigenvalue weighted by molar-refractivity contribution is 0.483. The first-order valence-corrected chi connectivity index (χ1v) is 18.7. The van der Waals surface area contributed by atoms with Crippen LogP contribution in [-0.2, 0) is 0 Å². The van der Waals surface area contributed by atoms with Gasteiger partial charge in [-0.25, -0.2) is 13.8 Å². The molecule has 0 bridgehead atoms. The lowest BCUT2D eigenvalue weighted by atomic mass is 9.85. The number of anilines is 4. The van der Waals surface area contributed by atoms with E-state index >= 15 is 4.39 Å². The van der Waals surface area contributed by atoms with Crippen LogP contribution < -0.4 is 14.5 Å². The number of benzene rings is 6. The van der Waals surface area contributed by atoms with E-state index < -0.39 is 11.6 Å².